The van der Waals surface area contributed by atoms with Crippen molar-refractivity contribution in [2.24, 2.45) is 0 Å². The van der Waals surface area contributed by atoms with E-state index in [2.05, 4.69) is 0 Å². The molecule has 0 radical (unpaired) electrons. The molecule has 0 aromatic heterocycles. The average molecular weight is 44.7 g/mol. The third-order valence-electron chi connectivity index (χ3n) is 0. The van der Waals surface area contributed by atoms with Gasteiger partial charge in [0, 0.05) is 0 Å². The fourth-order valence-corrected chi connectivity index (χ4v) is 0. The van der Waals surface area contributed by atoms with Crippen molar-refractivity contribution in [2.75, 3.05) is 0 Å². The minimum absolute atomic E-state index is 0. The van der Waals surface area contributed by atoms with Crippen molar-refractivity contribution in [3.63, 3.8) is 0 Å². The second-order valence-electron chi connectivity index (χ2n) is 0. The van der Waals surface area contributed by atoms with Crippen LogP contribution in [0.3, 0.4) is 0 Å². The van der Waals surface area contributed by atoms with Gasteiger partial charge in [-0.3, -0.25) is 0 Å². The third kappa shape index (κ3) is 10.7. The molecular weight excluding hydrogens is 38.7 g/mol. The summed E-state index contributed by atoms with van der Waals surface area (Å²) in [5.41, 5.74) is 0. The van der Waals surface area contributed by atoms with Gasteiger partial charge in [-0.25, -0.2) is 0 Å². The Hall–Kier alpha value is 1.22. The summed E-state index contributed by atoms with van der Waals surface area (Å²) in [4.78, 5) is 0. The van der Waals surface area contributed by atoms with E-state index in [9.17, 15) is 0 Å². The van der Waals surface area contributed by atoms with Crippen molar-refractivity contribution in [1.29, 1.82) is 0 Å². The van der Waals surface area contributed by atoms with E-state index in [1.54, 1.807) is 0 Å². The second-order valence-corrected chi connectivity index (χ2v) is 0. The van der Waals surface area contributed by atoms with Crippen molar-refractivity contribution in [2.45, 2.75) is 0 Å². The smallest absolute Gasteiger partial charge is 0.693 e. The average Bonchev–Trinajstić information content (AvgIpc) is 0. The molecule has 0 atom stereocenters. The Labute approximate surface area is 52.4 Å². The topological polar surface area (TPSA) is 33.5 Å². The maximum atomic E-state index is 0. The first-order chi connectivity index (χ1) is 0. The van der Waals surface area contributed by atoms with Crippen LogP contribution < -0.4 is 37.7 Å². The first-order valence-electron chi connectivity index (χ1n) is 0. The normalized spacial score (nSPS) is 0. The zero-order valence-electron chi connectivity index (χ0n) is 2.58. The zero-order valence-corrected chi connectivity index (χ0v) is 2.58. The summed E-state index contributed by atoms with van der Waals surface area (Å²) in [6.07, 6.45) is 0. The van der Waals surface area contributed by atoms with Crippen LogP contribution in [-0.2, 0) is 0 Å². The van der Waals surface area contributed by atoms with E-state index in [1.165, 1.54) is 0 Å². The molecule has 0 aliphatic rings. The summed E-state index contributed by atoms with van der Waals surface area (Å²) in [6.45, 7) is 0. The molecule has 0 bridgehead atoms. The summed E-state index contributed by atoms with van der Waals surface area (Å²) >= 11 is 0. The largest absolute Gasteiger partial charge is 1.00 e. The summed E-state index contributed by atoms with van der Waals surface area (Å²) in [7, 11) is 0. The Bertz CT molecular complexity index is 6.00. The SMILES string of the molecule is [BH4-].[Li+].[Li+].[NH2-]. The van der Waals surface area contributed by atoms with E-state index < -0.39 is 0 Å². The Morgan fingerprint density at radius 3 is 0.750 bits per heavy atom. The fraction of sp³-hybridized carbons (Fsp3) is 0. The molecule has 0 aromatic carbocycles. The molecule has 4 heteroatoms. The summed E-state index contributed by atoms with van der Waals surface area (Å²) in [5, 5.41) is 0. The first-order valence-corrected chi connectivity index (χ1v) is 0. The van der Waals surface area contributed by atoms with E-state index in [4.69, 9.17) is 0 Å². The van der Waals surface area contributed by atoms with Crippen LogP contribution in [0.4, 0.5) is 0 Å². The quantitative estimate of drug-likeness (QED) is 0.242. The molecule has 0 rings (SSSR count). The van der Waals surface area contributed by atoms with Crippen LogP contribution in [0.5, 0.6) is 0 Å². The summed E-state index contributed by atoms with van der Waals surface area (Å²) in [5.74, 6) is 0. The number of hydrogen-bond donors (Lipinski definition) is 0. The maximum Gasteiger partial charge on any atom is 1.00 e. The monoisotopic (exact) mass is 45.1 g/mol. The van der Waals surface area contributed by atoms with Gasteiger partial charge in [0.2, 0.25) is 0 Å². The Kier molecular flexibility index (Phi) is 459. The van der Waals surface area contributed by atoms with Crippen molar-refractivity contribution in [1.82, 2.24) is 0 Å². The van der Waals surface area contributed by atoms with Crippen LogP contribution in [0.15, 0.2) is 0 Å². The fourth-order valence-electron chi connectivity index (χ4n) is 0. The summed E-state index contributed by atoms with van der Waals surface area (Å²) < 4.78 is 0. The number of hydrogen-bond acceptors (Lipinski definition) is 0. The molecule has 0 fully saturated rings. The molecule has 0 saturated heterocycles. The number of rotatable bonds is 0. The van der Waals surface area contributed by atoms with Crippen LogP contribution in [0, 0.1) is 0 Å². The van der Waals surface area contributed by atoms with Crippen molar-refractivity contribution < 1.29 is 37.7 Å². The van der Waals surface area contributed by atoms with Gasteiger partial charge in [-0.15, -0.1) is 0 Å². The van der Waals surface area contributed by atoms with Gasteiger partial charge < -0.3 is 6.15 Å². The van der Waals surface area contributed by atoms with Gasteiger partial charge in [0.05, 0.1) is 0 Å². The summed E-state index contributed by atoms with van der Waals surface area (Å²) in [6, 6.07) is 0. The molecule has 16 valence electrons. The zero-order chi connectivity index (χ0) is 0. The van der Waals surface area contributed by atoms with E-state index in [-0.39, 0.29) is 52.3 Å². The first kappa shape index (κ1) is 62.5. The minimum atomic E-state index is 0. The van der Waals surface area contributed by atoms with Crippen LogP contribution in [0.25, 0.3) is 6.15 Å². The Morgan fingerprint density at radius 2 is 0.750 bits per heavy atom. The van der Waals surface area contributed by atoms with Gasteiger partial charge in [-0.1, -0.05) is 8.41 Å². The molecule has 0 saturated carbocycles. The van der Waals surface area contributed by atoms with Gasteiger partial charge in [-0.05, 0) is 0 Å². The molecule has 1 nitrogen and oxygen atoms in total. The molecule has 0 aliphatic heterocycles. The number of nitrogens with two attached hydrogens (primary N) is 1. The van der Waals surface area contributed by atoms with E-state index in [0.29, 0.717) is 0 Å². The van der Waals surface area contributed by atoms with Crippen molar-refractivity contribution in [3.05, 3.63) is 6.15 Å². The molecule has 2 N–H and O–H groups in total. The molecule has 0 amide bonds. The van der Waals surface area contributed by atoms with Crippen LogP contribution in [-0.4, -0.2) is 8.41 Å². The molecular formula is H6BLi2N. The molecule has 0 unspecified atom stereocenters. The van der Waals surface area contributed by atoms with Gasteiger partial charge in [-0.2, -0.15) is 0 Å². The van der Waals surface area contributed by atoms with E-state index >= 15 is 0 Å². The molecule has 0 aromatic rings. The van der Waals surface area contributed by atoms with Crippen molar-refractivity contribution >= 4 is 8.41 Å². The molecule has 4 heavy (non-hydrogen) atoms. The Balaban J connectivity index is 0. The standard InChI is InChI=1S/BH4.2Li.H2N/h1H4;;;1H2/q-1;2*+1;-1. The van der Waals surface area contributed by atoms with Gasteiger partial charge in [0.15, 0.2) is 0 Å². The second kappa shape index (κ2) is 29.4. The molecule has 0 aliphatic carbocycles. The van der Waals surface area contributed by atoms with Crippen LogP contribution >= 0.6 is 0 Å². The predicted octanol–water partition coefficient (Wildman–Crippen LogP) is -6.73. The van der Waals surface area contributed by atoms with E-state index in [1.807, 2.05) is 0 Å². The van der Waals surface area contributed by atoms with Crippen molar-refractivity contribution in [3.8, 4) is 0 Å². The van der Waals surface area contributed by atoms with Gasteiger partial charge >= 0.3 is 37.7 Å². The molecule has 0 spiro atoms. The third-order valence-corrected chi connectivity index (χ3v) is 0. The van der Waals surface area contributed by atoms with Crippen LogP contribution in [0.1, 0.15) is 0 Å². The van der Waals surface area contributed by atoms with Crippen LogP contribution in [0.2, 0.25) is 0 Å². The molecule has 0 heterocycles. The van der Waals surface area contributed by atoms with Gasteiger partial charge in [0.25, 0.3) is 0 Å². The maximum absolute atomic E-state index is 0. The van der Waals surface area contributed by atoms with E-state index in [0.717, 1.165) is 0 Å². The predicted molar refractivity (Wildman–Crippen MR) is 16.6 cm³/mol. The van der Waals surface area contributed by atoms with Gasteiger partial charge in [0.1, 0.15) is 0 Å². The Morgan fingerprint density at radius 1 is 0.750 bits per heavy atom. The minimum Gasteiger partial charge on any atom is -0.693 e.